The summed E-state index contributed by atoms with van der Waals surface area (Å²) in [6, 6.07) is 2.81. The molecule has 0 aromatic carbocycles. The van der Waals surface area contributed by atoms with E-state index in [-0.39, 0.29) is 29.1 Å². The number of aromatic carboxylic acids is 1. The highest BCUT2D eigenvalue weighted by Crippen LogP contribution is 2.24. The quantitative estimate of drug-likeness (QED) is 0.800. The Kier molecular flexibility index (Phi) is 3.01. The summed E-state index contributed by atoms with van der Waals surface area (Å²) in [7, 11) is 0. The van der Waals surface area contributed by atoms with Gasteiger partial charge >= 0.3 is 5.97 Å². The van der Waals surface area contributed by atoms with Crippen molar-refractivity contribution in [2.45, 2.75) is 6.04 Å². The van der Waals surface area contributed by atoms with Gasteiger partial charge in [0.1, 0.15) is 5.75 Å². The third-order valence-electron chi connectivity index (χ3n) is 3.24. The van der Waals surface area contributed by atoms with E-state index in [1.165, 1.54) is 34.1 Å². The van der Waals surface area contributed by atoms with E-state index in [0.29, 0.717) is 13.1 Å². The van der Waals surface area contributed by atoms with Crippen LogP contribution in [0.1, 0.15) is 27.0 Å². The highest BCUT2D eigenvalue weighted by molar-refractivity contribution is 5.95. The van der Waals surface area contributed by atoms with Gasteiger partial charge in [-0.3, -0.25) is 4.79 Å². The lowest BCUT2D eigenvalue weighted by Crippen LogP contribution is -2.51. The van der Waals surface area contributed by atoms with E-state index in [0.717, 1.165) is 0 Å². The molecular formula is C12H11N5O4. The van der Waals surface area contributed by atoms with E-state index >= 15 is 0 Å². The fourth-order valence-corrected chi connectivity index (χ4v) is 2.05. The molecule has 9 heteroatoms. The number of carbonyl (C=O) groups excluding carboxylic acids is 1. The molecule has 1 amide bonds. The van der Waals surface area contributed by atoms with E-state index in [1.807, 2.05) is 0 Å². The average molecular weight is 289 g/mol. The summed E-state index contributed by atoms with van der Waals surface area (Å²) in [5.41, 5.74) is -0.136. The Morgan fingerprint density at radius 2 is 2.10 bits per heavy atom. The van der Waals surface area contributed by atoms with Crippen LogP contribution in [0.4, 0.5) is 0 Å². The first-order chi connectivity index (χ1) is 10.1. The topological polar surface area (TPSA) is 121 Å². The SMILES string of the molecule is O=C(O)c1cn(C2CN(C(=O)c3ncccc3O)C2)nn1. The molecule has 21 heavy (non-hydrogen) atoms. The van der Waals surface area contributed by atoms with Gasteiger partial charge in [-0.2, -0.15) is 0 Å². The molecule has 108 valence electrons. The van der Waals surface area contributed by atoms with Gasteiger partial charge in [0, 0.05) is 19.3 Å². The summed E-state index contributed by atoms with van der Waals surface area (Å²) in [6.07, 6.45) is 2.76. The van der Waals surface area contributed by atoms with Crippen molar-refractivity contribution in [2.75, 3.05) is 13.1 Å². The zero-order valence-corrected chi connectivity index (χ0v) is 10.7. The lowest BCUT2D eigenvalue weighted by atomic mass is 10.1. The number of amides is 1. The summed E-state index contributed by atoms with van der Waals surface area (Å²) in [6.45, 7) is 0.717. The van der Waals surface area contributed by atoms with Crippen LogP contribution in [0, 0.1) is 0 Å². The largest absolute Gasteiger partial charge is 0.505 e. The standard InChI is InChI=1S/C12H11N5O4/c18-9-2-1-3-13-10(9)11(19)16-4-7(5-16)17-6-8(12(20)21)14-15-17/h1-3,6-7,18H,4-5H2,(H,20,21). The fourth-order valence-electron chi connectivity index (χ4n) is 2.05. The van der Waals surface area contributed by atoms with Gasteiger partial charge in [-0.15, -0.1) is 5.10 Å². The summed E-state index contributed by atoms with van der Waals surface area (Å²) in [5.74, 6) is -1.69. The van der Waals surface area contributed by atoms with Crippen molar-refractivity contribution in [2.24, 2.45) is 0 Å². The molecule has 1 aliphatic rings. The molecule has 1 fully saturated rings. The Balaban J connectivity index is 1.66. The van der Waals surface area contributed by atoms with Crippen molar-refractivity contribution in [1.29, 1.82) is 0 Å². The molecule has 0 unspecified atom stereocenters. The number of likely N-dealkylation sites (tertiary alicyclic amines) is 1. The van der Waals surface area contributed by atoms with Gasteiger partial charge in [0.15, 0.2) is 11.4 Å². The molecule has 0 spiro atoms. The second kappa shape index (κ2) is 4.85. The molecule has 2 aromatic heterocycles. The monoisotopic (exact) mass is 289 g/mol. The minimum Gasteiger partial charge on any atom is -0.505 e. The van der Waals surface area contributed by atoms with Crippen LogP contribution in [0.25, 0.3) is 0 Å². The zero-order chi connectivity index (χ0) is 15.0. The van der Waals surface area contributed by atoms with Crippen LogP contribution >= 0.6 is 0 Å². The summed E-state index contributed by atoms with van der Waals surface area (Å²) in [4.78, 5) is 28.2. The van der Waals surface area contributed by atoms with E-state index in [2.05, 4.69) is 15.3 Å². The number of nitrogens with zero attached hydrogens (tertiary/aromatic N) is 5. The third-order valence-corrected chi connectivity index (χ3v) is 3.24. The van der Waals surface area contributed by atoms with E-state index in [9.17, 15) is 14.7 Å². The average Bonchev–Trinajstić information content (AvgIpc) is 2.87. The van der Waals surface area contributed by atoms with Crippen LogP contribution in [0.15, 0.2) is 24.5 Å². The third kappa shape index (κ3) is 2.29. The Labute approximate surface area is 118 Å². The minimum atomic E-state index is -1.15. The highest BCUT2D eigenvalue weighted by atomic mass is 16.4. The fraction of sp³-hybridized carbons (Fsp3) is 0.250. The van der Waals surface area contributed by atoms with Gasteiger partial charge in [0.25, 0.3) is 5.91 Å². The summed E-state index contributed by atoms with van der Waals surface area (Å²) >= 11 is 0. The smallest absolute Gasteiger partial charge is 0.358 e. The maximum Gasteiger partial charge on any atom is 0.358 e. The Morgan fingerprint density at radius 3 is 2.71 bits per heavy atom. The van der Waals surface area contributed by atoms with Crippen molar-refractivity contribution in [1.82, 2.24) is 24.9 Å². The number of carboxylic acid groups (broad SMARTS) is 1. The molecule has 2 N–H and O–H groups in total. The molecule has 0 atom stereocenters. The molecule has 0 saturated carbocycles. The first-order valence-electron chi connectivity index (χ1n) is 6.14. The van der Waals surface area contributed by atoms with E-state index < -0.39 is 5.97 Å². The van der Waals surface area contributed by atoms with Crippen LogP contribution < -0.4 is 0 Å². The summed E-state index contributed by atoms with van der Waals surface area (Å²) in [5, 5.41) is 25.6. The molecule has 0 aliphatic carbocycles. The van der Waals surface area contributed by atoms with Crippen LogP contribution in [0.2, 0.25) is 0 Å². The normalized spacial score (nSPS) is 14.8. The molecule has 2 aromatic rings. The number of pyridine rings is 1. The minimum absolute atomic E-state index is 0.000709. The number of aromatic hydroxyl groups is 1. The second-order valence-electron chi connectivity index (χ2n) is 4.62. The molecule has 0 bridgehead atoms. The number of aromatic nitrogens is 4. The molecule has 3 rings (SSSR count). The second-order valence-corrected chi connectivity index (χ2v) is 4.62. The van der Waals surface area contributed by atoms with Crippen molar-refractivity contribution >= 4 is 11.9 Å². The van der Waals surface area contributed by atoms with Gasteiger partial charge in [-0.05, 0) is 12.1 Å². The first kappa shape index (κ1) is 13.0. The van der Waals surface area contributed by atoms with Gasteiger partial charge in [-0.1, -0.05) is 5.21 Å². The molecule has 1 saturated heterocycles. The summed E-state index contributed by atoms with van der Waals surface area (Å²) < 4.78 is 1.42. The van der Waals surface area contributed by atoms with Crippen LogP contribution in [-0.2, 0) is 0 Å². The molecule has 3 heterocycles. The van der Waals surface area contributed by atoms with Crippen molar-refractivity contribution in [3.63, 3.8) is 0 Å². The maximum atomic E-state index is 12.1. The molecule has 9 nitrogen and oxygen atoms in total. The van der Waals surface area contributed by atoms with Crippen LogP contribution in [0.3, 0.4) is 0 Å². The number of carboxylic acids is 1. The van der Waals surface area contributed by atoms with Crippen molar-refractivity contribution < 1.29 is 19.8 Å². The van der Waals surface area contributed by atoms with Gasteiger partial charge in [0.2, 0.25) is 0 Å². The Hall–Kier alpha value is -2.97. The predicted octanol–water partition coefficient (Wildman–Crippen LogP) is -0.226. The van der Waals surface area contributed by atoms with Crippen molar-refractivity contribution in [3.05, 3.63) is 35.9 Å². The van der Waals surface area contributed by atoms with E-state index in [4.69, 9.17) is 5.11 Å². The van der Waals surface area contributed by atoms with Gasteiger partial charge in [0.05, 0.1) is 12.2 Å². The lowest BCUT2D eigenvalue weighted by Gasteiger charge is -2.38. The van der Waals surface area contributed by atoms with E-state index in [1.54, 1.807) is 0 Å². The number of rotatable bonds is 3. The van der Waals surface area contributed by atoms with Gasteiger partial charge in [-0.25, -0.2) is 14.5 Å². The number of hydrogen-bond donors (Lipinski definition) is 2. The Bertz CT molecular complexity index is 707. The maximum absolute atomic E-state index is 12.1. The molecule has 0 radical (unpaired) electrons. The number of hydrogen-bond acceptors (Lipinski definition) is 6. The lowest BCUT2D eigenvalue weighted by molar-refractivity contribution is 0.0488. The number of carbonyl (C=O) groups is 2. The Morgan fingerprint density at radius 1 is 1.33 bits per heavy atom. The van der Waals surface area contributed by atoms with Crippen molar-refractivity contribution in [3.8, 4) is 5.75 Å². The van der Waals surface area contributed by atoms with Gasteiger partial charge < -0.3 is 15.1 Å². The predicted molar refractivity (Wildman–Crippen MR) is 67.8 cm³/mol. The molecule has 1 aliphatic heterocycles. The first-order valence-corrected chi connectivity index (χ1v) is 6.14. The van der Waals surface area contributed by atoms with Crippen LogP contribution in [0.5, 0.6) is 5.75 Å². The molecular weight excluding hydrogens is 278 g/mol. The zero-order valence-electron chi connectivity index (χ0n) is 10.7. The highest BCUT2D eigenvalue weighted by Gasteiger charge is 2.35. The van der Waals surface area contributed by atoms with Crippen LogP contribution in [-0.4, -0.2) is 60.1 Å².